The molecule has 0 bridgehead atoms. The lowest BCUT2D eigenvalue weighted by Gasteiger charge is -2.09. The first-order valence-corrected chi connectivity index (χ1v) is 6.20. The molecule has 0 spiro atoms. The Hall–Kier alpha value is -2.50. The Bertz CT molecular complexity index is 787. The summed E-state index contributed by atoms with van der Waals surface area (Å²) in [6.07, 6.45) is 5.05. The molecule has 0 aromatic carbocycles. The van der Waals surface area contributed by atoms with Gasteiger partial charge in [0.25, 0.3) is 0 Å². The van der Waals surface area contributed by atoms with Crippen LogP contribution in [0.15, 0.2) is 18.5 Å². The molecule has 1 amide bonds. The number of hydrogen-bond acceptors (Lipinski definition) is 5. The second kappa shape index (κ2) is 4.88. The lowest BCUT2D eigenvalue weighted by atomic mass is 10.1. The van der Waals surface area contributed by atoms with Gasteiger partial charge in [0, 0.05) is 45.7 Å². The van der Waals surface area contributed by atoms with Crippen LogP contribution in [0, 0.1) is 5.92 Å². The summed E-state index contributed by atoms with van der Waals surface area (Å²) >= 11 is 0. The fraction of sp³-hybridized carbons (Fsp3) is 0.286. The van der Waals surface area contributed by atoms with Crippen molar-refractivity contribution < 1.29 is 13.7 Å². The second-order valence-electron chi connectivity index (χ2n) is 4.68. The van der Waals surface area contributed by atoms with E-state index in [1.165, 1.54) is 12.4 Å². The monoisotopic (exact) mass is 273 g/mol. The molecular weight excluding hydrogens is 256 g/mol. The predicted molar refractivity (Wildman–Crippen MR) is 75.8 cm³/mol. The van der Waals surface area contributed by atoms with Crippen LogP contribution in [0.4, 0.5) is 11.6 Å². The van der Waals surface area contributed by atoms with Crippen LogP contribution in [0.2, 0.25) is 0 Å². The number of carbonyl (C=O) groups excluding carboxylic acids is 2. The van der Waals surface area contributed by atoms with Crippen molar-refractivity contribution in [2.75, 3.05) is 17.6 Å². The van der Waals surface area contributed by atoms with E-state index in [1.807, 2.05) is 0 Å². The van der Waals surface area contributed by atoms with Gasteiger partial charge in [0.05, 0.1) is 0 Å². The van der Waals surface area contributed by atoms with E-state index in [2.05, 4.69) is 20.6 Å². The van der Waals surface area contributed by atoms with Crippen molar-refractivity contribution in [3.8, 4) is 0 Å². The molecule has 1 aliphatic rings. The minimum Gasteiger partial charge on any atom is -0.373 e. The van der Waals surface area contributed by atoms with Gasteiger partial charge in [-0.25, -0.2) is 9.97 Å². The molecular formula is C14H14N4O2. The highest BCUT2D eigenvalue weighted by Crippen LogP contribution is 2.30. The Morgan fingerprint density at radius 1 is 1.40 bits per heavy atom. The number of aldehydes is 1. The molecule has 0 atom stereocenters. The van der Waals surface area contributed by atoms with E-state index < -0.39 is 6.98 Å². The maximum Gasteiger partial charge on any atom is 0.228 e. The van der Waals surface area contributed by atoms with Gasteiger partial charge in [-0.15, -0.1) is 0 Å². The van der Waals surface area contributed by atoms with Crippen molar-refractivity contribution in [3.63, 3.8) is 0 Å². The van der Waals surface area contributed by atoms with Gasteiger partial charge in [-0.05, 0) is 18.9 Å². The molecule has 2 heterocycles. The third kappa shape index (κ3) is 2.20. The Balaban J connectivity index is 2.01. The molecule has 1 aliphatic carbocycles. The van der Waals surface area contributed by atoms with Gasteiger partial charge in [-0.2, -0.15) is 0 Å². The summed E-state index contributed by atoms with van der Waals surface area (Å²) in [6, 6.07) is 1.55. The Labute approximate surface area is 119 Å². The summed E-state index contributed by atoms with van der Waals surface area (Å²) in [5.41, 5.74) is 0.292. The molecule has 2 aromatic rings. The highest BCUT2D eigenvalue weighted by atomic mass is 16.2. The van der Waals surface area contributed by atoms with Gasteiger partial charge in [0.1, 0.15) is 11.6 Å². The lowest BCUT2D eigenvalue weighted by Crippen LogP contribution is -2.14. The highest BCUT2D eigenvalue weighted by Gasteiger charge is 2.29. The third-order valence-electron chi connectivity index (χ3n) is 3.25. The Morgan fingerprint density at radius 3 is 2.95 bits per heavy atom. The summed E-state index contributed by atoms with van der Waals surface area (Å²) in [7, 11) is 0. The van der Waals surface area contributed by atoms with Gasteiger partial charge >= 0.3 is 0 Å². The van der Waals surface area contributed by atoms with Crippen molar-refractivity contribution in [1.29, 1.82) is 0 Å². The van der Waals surface area contributed by atoms with Crippen LogP contribution in [-0.4, -0.2) is 29.1 Å². The molecule has 2 N–H and O–H groups in total. The van der Waals surface area contributed by atoms with E-state index in [0.717, 1.165) is 12.8 Å². The number of fused-ring (bicyclic) bond motifs is 1. The smallest absolute Gasteiger partial charge is 0.228 e. The van der Waals surface area contributed by atoms with E-state index in [4.69, 9.17) is 4.11 Å². The van der Waals surface area contributed by atoms with Crippen LogP contribution in [0.1, 0.15) is 27.3 Å². The van der Waals surface area contributed by atoms with Crippen molar-refractivity contribution in [2.45, 2.75) is 12.8 Å². The summed E-state index contributed by atoms with van der Waals surface area (Å²) < 4.78 is 21.8. The SMILES string of the molecule is [2H]C([2H])([2H])Nc1ncc(C=O)c2cc(NC(=O)C3CC3)ncc12. The molecule has 1 fully saturated rings. The number of rotatable bonds is 4. The molecule has 2 aromatic heterocycles. The Morgan fingerprint density at radius 2 is 2.25 bits per heavy atom. The van der Waals surface area contributed by atoms with Crippen molar-refractivity contribution in [1.82, 2.24) is 9.97 Å². The number of anilines is 2. The molecule has 102 valence electrons. The first-order chi connectivity index (χ1) is 10.9. The van der Waals surface area contributed by atoms with Gasteiger partial charge in [0.15, 0.2) is 6.29 Å². The first-order valence-electron chi connectivity index (χ1n) is 7.70. The van der Waals surface area contributed by atoms with Crippen molar-refractivity contribution in [2.24, 2.45) is 5.92 Å². The molecule has 0 unspecified atom stereocenters. The van der Waals surface area contributed by atoms with Crippen LogP contribution in [0.5, 0.6) is 0 Å². The molecule has 0 radical (unpaired) electrons. The van der Waals surface area contributed by atoms with Crippen LogP contribution in [-0.2, 0) is 4.79 Å². The average Bonchev–Trinajstić information content (AvgIpc) is 3.30. The van der Waals surface area contributed by atoms with Gasteiger partial charge in [-0.1, -0.05) is 0 Å². The first kappa shape index (κ1) is 9.41. The molecule has 3 rings (SSSR count). The maximum absolute atomic E-state index is 11.8. The average molecular weight is 273 g/mol. The summed E-state index contributed by atoms with van der Waals surface area (Å²) in [4.78, 5) is 31.1. The number of pyridine rings is 2. The molecule has 20 heavy (non-hydrogen) atoms. The summed E-state index contributed by atoms with van der Waals surface area (Å²) in [5.74, 6) is 0.365. The van der Waals surface area contributed by atoms with Gasteiger partial charge in [0.2, 0.25) is 5.91 Å². The van der Waals surface area contributed by atoms with E-state index in [9.17, 15) is 9.59 Å². The van der Waals surface area contributed by atoms with Crippen LogP contribution < -0.4 is 10.6 Å². The number of carbonyl (C=O) groups is 2. The molecule has 0 aliphatic heterocycles. The molecule has 6 heteroatoms. The van der Waals surface area contributed by atoms with Crippen LogP contribution in [0.3, 0.4) is 0 Å². The standard InChI is InChI=1S/C14H14N4O2/c1-15-13-11-6-16-12(18-14(20)8-2-3-8)4-10(11)9(7-19)5-17-13/h4-8H,2-3H2,1H3,(H,15,17)(H,16,18,20)/i1D3. The zero-order valence-electron chi connectivity index (χ0n) is 13.5. The van der Waals surface area contributed by atoms with Crippen molar-refractivity contribution in [3.05, 3.63) is 24.0 Å². The number of hydrogen-bond donors (Lipinski definition) is 2. The van der Waals surface area contributed by atoms with E-state index in [0.29, 0.717) is 28.4 Å². The second-order valence-corrected chi connectivity index (χ2v) is 4.68. The molecule has 6 nitrogen and oxygen atoms in total. The Kier molecular flexibility index (Phi) is 2.30. The van der Waals surface area contributed by atoms with Gasteiger partial charge < -0.3 is 10.6 Å². The normalized spacial score (nSPS) is 16.9. The summed E-state index contributed by atoms with van der Waals surface area (Å²) in [5, 5.41) is 5.88. The third-order valence-corrected chi connectivity index (χ3v) is 3.25. The van der Waals surface area contributed by atoms with Crippen LogP contribution in [0.25, 0.3) is 10.8 Å². The van der Waals surface area contributed by atoms with Crippen LogP contribution >= 0.6 is 0 Å². The number of aromatic nitrogens is 2. The fourth-order valence-electron chi connectivity index (χ4n) is 1.99. The van der Waals surface area contributed by atoms with Gasteiger partial charge in [-0.3, -0.25) is 9.59 Å². The van der Waals surface area contributed by atoms with E-state index >= 15 is 0 Å². The number of nitrogens with zero attached hydrogens (tertiary/aromatic N) is 2. The lowest BCUT2D eigenvalue weighted by molar-refractivity contribution is -0.117. The minimum atomic E-state index is -2.42. The topological polar surface area (TPSA) is 84.0 Å². The predicted octanol–water partition coefficient (Wildman–Crippen LogP) is 1.83. The fourth-order valence-corrected chi connectivity index (χ4v) is 1.99. The quantitative estimate of drug-likeness (QED) is 0.830. The van der Waals surface area contributed by atoms with E-state index in [1.54, 1.807) is 6.07 Å². The molecule has 0 saturated heterocycles. The maximum atomic E-state index is 11.8. The number of nitrogens with one attached hydrogen (secondary N) is 2. The minimum absolute atomic E-state index is 0.0308. The summed E-state index contributed by atoms with van der Waals surface area (Å²) in [6.45, 7) is -2.42. The molecule has 1 saturated carbocycles. The van der Waals surface area contributed by atoms with E-state index in [-0.39, 0.29) is 17.6 Å². The van der Waals surface area contributed by atoms with Crippen molar-refractivity contribution >= 4 is 34.6 Å². The number of amides is 1. The highest BCUT2D eigenvalue weighted by molar-refractivity contribution is 6.04. The largest absolute Gasteiger partial charge is 0.373 e. The zero-order chi connectivity index (χ0) is 16.6. The zero-order valence-corrected chi connectivity index (χ0v) is 10.5.